The van der Waals surface area contributed by atoms with E-state index in [0.29, 0.717) is 10.8 Å². The van der Waals surface area contributed by atoms with Crippen LogP contribution < -0.4 is 0 Å². The molecule has 0 saturated carbocycles. The van der Waals surface area contributed by atoms with Crippen LogP contribution in [-0.2, 0) is 6.54 Å². The highest BCUT2D eigenvalue weighted by atomic mass is 32.1. The minimum atomic E-state index is -0.832. The Morgan fingerprint density at radius 1 is 1.41 bits per heavy atom. The third-order valence-corrected chi connectivity index (χ3v) is 6.45. The molecular formula is C16H20N2O2S2. The van der Waals surface area contributed by atoms with Gasteiger partial charge in [-0.15, -0.1) is 22.7 Å². The molecule has 0 spiro atoms. The van der Waals surface area contributed by atoms with Crippen molar-refractivity contribution in [2.75, 3.05) is 13.1 Å². The Bertz CT molecular complexity index is 658. The molecule has 1 aliphatic rings. The normalized spacial score (nSPS) is 19.5. The number of piperidine rings is 1. The van der Waals surface area contributed by atoms with Crippen molar-refractivity contribution in [2.24, 2.45) is 0 Å². The lowest BCUT2D eigenvalue weighted by atomic mass is 9.99. The molecule has 0 radical (unpaired) electrons. The van der Waals surface area contributed by atoms with Gasteiger partial charge in [0.15, 0.2) is 0 Å². The third-order valence-electron chi connectivity index (χ3n) is 4.15. The summed E-state index contributed by atoms with van der Waals surface area (Å²) in [6.07, 6.45) is 2.38. The molecule has 3 heterocycles. The number of aromatic nitrogens is 1. The number of carboxylic acid groups (broad SMARTS) is 1. The molecule has 2 aromatic heterocycles. The van der Waals surface area contributed by atoms with Crippen molar-refractivity contribution in [1.82, 2.24) is 9.88 Å². The Hall–Kier alpha value is -1.24. The highest BCUT2D eigenvalue weighted by Gasteiger charge is 2.24. The van der Waals surface area contributed by atoms with E-state index in [4.69, 9.17) is 10.1 Å². The maximum Gasteiger partial charge on any atom is 0.345 e. The largest absolute Gasteiger partial charge is 0.477 e. The Balaban J connectivity index is 1.66. The number of aromatic carboxylic acids is 1. The molecule has 2 aromatic rings. The molecule has 1 aliphatic heterocycles. The quantitative estimate of drug-likeness (QED) is 0.920. The van der Waals surface area contributed by atoms with Crippen molar-refractivity contribution < 1.29 is 9.90 Å². The lowest BCUT2D eigenvalue weighted by Gasteiger charge is -2.31. The van der Waals surface area contributed by atoms with Gasteiger partial charge >= 0.3 is 5.97 Å². The Morgan fingerprint density at radius 3 is 2.86 bits per heavy atom. The zero-order valence-electron chi connectivity index (χ0n) is 12.8. The molecule has 3 rings (SSSR count). The third kappa shape index (κ3) is 3.39. The van der Waals surface area contributed by atoms with E-state index in [2.05, 4.69) is 18.7 Å². The molecule has 4 nitrogen and oxygen atoms in total. The topological polar surface area (TPSA) is 53.4 Å². The van der Waals surface area contributed by atoms with Gasteiger partial charge < -0.3 is 5.11 Å². The predicted octanol–water partition coefficient (Wildman–Crippen LogP) is 3.90. The van der Waals surface area contributed by atoms with Crippen LogP contribution in [-0.4, -0.2) is 34.0 Å². The lowest BCUT2D eigenvalue weighted by molar-refractivity contribution is 0.0702. The van der Waals surface area contributed by atoms with E-state index in [0.717, 1.165) is 30.2 Å². The van der Waals surface area contributed by atoms with Gasteiger partial charge in [0.05, 0.1) is 10.7 Å². The van der Waals surface area contributed by atoms with Gasteiger partial charge in [-0.05, 0) is 45.4 Å². The molecular weight excluding hydrogens is 316 g/mol. The van der Waals surface area contributed by atoms with E-state index in [1.807, 2.05) is 17.4 Å². The second kappa shape index (κ2) is 6.48. The minimum absolute atomic E-state index is 0.426. The number of thiazole rings is 1. The molecule has 0 aromatic carbocycles. The molecule has 0 unspecified atom stereocenters. The van der Waals surface area contributed by atoms with E-state index in [1.165, 1.54) is 34.1 Å². The predicted molar refractivity (Wildman–Crippen MR) is 90.1 cm³/mol. The molecule has 1 saturated heterocycles. The van der Waals surface area contributed by atoms with Crippen LogP contribution in [0, 0.1) is 13.8 Å². The first-order valence-electron chi connectivity index (χ1n) is 7.51. The smallest absolute Gasteiger partial charge is 0.345 e. The van der Waals surface area contributed by atoms with E-state index in [9.17, 15) is 4.79 Å². The maximum absolute atomic E-state index is 11.0. The molecule has 0 aliphatic carbocycles. The van der Waals surface area contributed by atoms with Crippen LogP contribution >= 0.6 is 22.7 Å². The average molecular weight is 336 g/mol. The first kappa shape index (κ1) is 15.6. The maximum atomic E-state index is 11.0. The van der Waals surface area contributed by atoms with Gasteiger partial charge in [-0.3, -0.25) is 4.90 Å². The van der Waals surface area contributed by atoms with Gasteiger partial charge in [0.1, 0.15) is 4.88 Å². The number of hydrogen-bond donors (Lipinski definition) is 1. The molecule has 118 valence electrons. The van der Waals surface area contributed by atoms with Gasteiger partial charge in [-0.1, -0.05) is 0 Å². The van der Waals surface area contributed by atoms with Crippen molar-refractivity contribution in [3.05, 3.63) is 37.5 Å². The monoisotopic (exact) mass is 336 g/mol. The van der Waals surface area contributed by atoms with Gasteiger partial charge in [-0.2, -0.15) is 0 Å². The van der Waals surface area contributed by atoms with Crippen LogP contribution in [0.2, 0.25) is 0 Å². The van der Waals surface area contributed by atoms with E-state index < -0.39 is 5.97 Å². The number of carboxylic acids is 1. The fourth-order valence-corrected chi connectivity index (χ4v) is 4.81. The SMILES string of the molecule is Cc1nc([C@H]2CCCN(Cc3ccc(C(=O)O)s3)C2)sc1C. The van der Waals surface area contributed by atoms with E-state index >= 15 is 0 Å². The van der Waals surface area contributed by atoms with Crippen LogP contribution in [0.1, 0.15) is 48.9 Å². The molecule has 22 heavy (non-hydrogen) atoms. The summed E-state index contributed by atoms with van der Waals surface area (Å²) in [5.74, 6) is -0.313. The highest BCUT2D eigenvalue weighted by Crippen LogP contribution is 2.32. The molecule has 0 bridgehead atoms. The summed E-state index contributed by atoms with van der Waals surface area (Å²) in [6, 6.07) is 3.65. The summed E-state index contributed by atoms with van der Waals surface area (Å²) in [7, 11) is 0. The number of thiophene rings is 1. The van der Waals surface area contributed by atoms with Crippen LogP contribution in [0.3, 0.4) is 0 Å². The Morgan fingerprint density at radius 2 is 2.23 bits per heavy atom. The summed E-state index contributed by atoms with van der Waals surface area (Å²) in [4.78, 5) is 21.0. The van der Waals surface area contributed by atoms with Crippen molar-refractivity contribution in [3.8, 4) is 0 Å². The fourth-order valence-electron chi connectivity index (χ4n) is 2.87. The Kier molecular flexibility index (Phi) is 4.61. The van der Waals surface area contributed by atoms with Crippen LogP contribution in [0.15, 0.2) is 12.1 Å². The minimum Gasteiger partial charge on any atom is -0.477 e. The number of rotatable bonds is 4. The zero-order chi connectivity index (χ0) is 15.7. The van der Waals surface area contributed by atoms with Crippen molar-refractivity contribution >= 4 is 28.6 Å². The second-order valence-electron chi connectivity index (χ2n) is 5.84. The van der Waals surface area contributed by atoms with Crippen LogP contribution in [0.5, 0.6) is 0 Å². The van der Waals surface area contributed by atoms with Crippen LogP contribution in [0.4, 0.5) is 0 Å². The molecule has 1 N–H and O–H groups in total. The first-order valence-corrected chi connectivity index (χ1v) is 9.14. The summed E-state index contributed by atoms with van der Waals surface area (Å²) < 4.78 is 0. The van der Waals surface area contributed by atoms with E-state index in [1.54, 1.807) is 6.07 Å². The molecule has 6 heteroatoms. The summed E-state index contributed by atoms with van der Waals surface area (Å²) in [6.45, 7) is 7.16. The zero-order valence-corrected chi connectivity index (χ0v) is 14.5. The van der Waals surface area contributed by atoms with Crippen molar-refractivity contribution in [2.45, 2.75) is 39.2 Å². The average Bonchev–Trinajstić information content (AvgIpc) is 3.07. The number of carbonyl (C=O) groups is 1. The molecule has 1 fully saturated rings. The van der Waals surface area contributed by atoms with Gasteiger partial charge in [0, 0.05) is 28.8 Å². The number of hydrogen-bond acceptors (Lipinski definition) is 5. The Labute approximate surface area is 138 Å². The van der Waals surface area contributed by atoms with Gasteiger partial charge in [-0.25, -0.2) is 9.78 Å². The van der Waals surface area contributed by atoms with Gasteiger partial charge in [0.25, 0.3) is 0 Å². The summed E-state index contributed by atoms with van der Waals surface area (Å²) in [5, 5.41) is 10.3. The van der Waals surface area contributed by atoms with E-state index in [-0.39, 0.29) is 0 Å². The molecule has 1 atom stereocenters. The first-order chi connectivity index (χ1) is 10.5. The van der Waals surface area contributed by atoms with Gasteiger partial charge in [0.2, 0.25) is 0 Å². The summed E-state index contributed by atoms with van der Waals surface area (Å²) in [5.41, 5.74) is 1.15. The number of nitrogens with zero attached hydrogens (tertiary/aromatic N) is 2. The standard InChI is InChI=1S/C16H20N2O2S2/c1-10-11(2)21-15(17-10)12-4-3-7-18(8-12)9-13-5-6-14(22-13)16(19)20/h5-6,12H,3-4,7-9H2,1-2H3,(H,19,20)/t12-/m0/s1. The number of aryl methyl sites for hydroxylation is 2. The van der Waals surface area contributed by atoms with Crippen molar-refractivity contribution in [1.29, 1.82) is 0 Å². The van der Waals surface area contributed by atoms with Crippen LogP contribution in [0.25, 0.3) is 0 Å². The molecule has 0 amide bonds. The van der Waals surface area contributed by atoms with Crippen molar-refractivity contribution in [3.63, 3.8) is 0 Å². The second-order valence-corrected chi connectivity index (χ2v) is 8.24. The highest BCUT2D eigenvalue weighted by molar-refractivity contribution is 7.13. The fraction of sp³-hybridized carbons (Fsp3) is 0.500. The lowest BCUT2D eigenvalue weighted by Crippen LogP contribution is -2.33. The number of likely N-dealkylation sites (tertiary alicyclic amines) is 1. The summed E-state index contributed by atoms with van der Waals surface area (Å²) >= 11 is 3.21.